The third-order valence-corrected chi connectivity index (χ3v) is 3.95. The average Bonchev–Trinajstić information content (AvgIpc) is 2.91. The highest BCUT2D eigenvalue weighted by Gasteiger charge is 2.11. The number of aryl methyl sites for hydroxylation is 1. The number of aromatic nitrogens is 4. The van der Waals surface area contributed by atoms with Crippen molar-refractivity contribution >= 4 is 23.4 Å². The number of anilines is 1. The molecule has 0 aliphatic heterocycles. The summed E-state index contributed by atoms with van der Waals surface area (Å²) in [6, 6.07) is 7.88. The van der Waals surface area contributed by atoms with Gasteiger partial charge in [0, 0.05) is 12.2 Å². The summed E-state index contributed by atoms with van der Waals surface area (Å²) in [5, 5.41) is 15.1. The van der Waals surface area contributed by atoms with E-state index in [1.165, 1.54) is 17.3 Å². The minimum absolute atomic E-state index is 0.0580. The molecule has 1 amide bonds. The van der Waals surface area contributed by atoms with E-state index < -0.39 is 0 Å². The van der Waals surface area contributed by atoms with E-state index in [4.69, 9.17) is 0 Å². The molecule has 22 heavy (non-hydrogen) atoms. The third kappa shape index (κ3) is 4.84. The van der Waals surface area contributed by atoms with Gasteiger partial charge in [0.15, 0.2) is 0 Å². The van der Waals surface area contributed by atoms with Gasteiger partial charge in [-0.25, -0.2) is 4.68 Å². The summed E-state index contributed by atoms with van der Waals surface area (Å²) in [6.07, 6.45) is 0.947. The number of rotatable bonds is 7. The lowest BCUT2D eigenvalue weighted by atomic mass is 10.1. The molecule has 1 N–H and O–H groups in total. The minimum atomic E-state index is -0.0580. The van der Waals surface area contributed by atoms with Gasteiger partial charge in [-0.05, 0) is 40.5 Å². The minimum Gasteiger partial charge on any atom is -0.325 e. The zero-order chi connectivity index (χ0) is 15.9. The molecule has 1 aromatic heterocycles. The number of amides is 1. The lowest BCUT2D eigenvalue weighted by Gasteiger charge is -2.08. The first-order chi connectivity index (χ1) is 10.6. The largest absolute Gasteiger partial charge is 0.325 e. The highest BCUT2D eigenvalue weighted by atomic mass is 32.2. The fourth-order valence-electron chi connectivity index (χ4n) is 1.96. The summed E-state index contributed by atoms with van der Waals surface area (Å²) in [4.78, 5) is 12.0. The Hall–Kier alpha value is -1.89. The van der Waals surface area contributed by atoms with Crippen molar-refractivity contribution in [3.05, 3.63) is 29.8 Å². The Morgan fingerprint density at radius 2 is 2.23 bits per heavy atom. The Bertz CT molecular complexity index is 626. The first-order valence-corrected chi connectivity index (χ1v) is 8.34. The molecule has 0 saturated heterocycles. The van der Waals surface area contributed by atoms with Crippen molar-refractivity contribution in [3.8, 4) is 0 Å². The maximum absolute atomic E-state index is 12.0. The quantitative estimate of drug-likeness (QED) is 0.794. The Morgan fingerprint density at radius 3 is 2.95 bits per heavy atom. The maximum Gasteiger partial charge on any atom is 0.234 e. The summed E-state index contributed by atoms with van der Waals surface area (Å²) in [5.41, 5.74) is 2.03. The number of nitrogens with zero attached hydrogens (tertiary/aromatic N) is 4. The van der Waals surface area contributed by atoms with Gasteiger partial charge in [-0.1, -0.05) is 44.7 Å². The lowest BCUT2D eigenvalue weighted by molar-refractivity contribution is -0.113. The van der Waals surface area contributed by atoms with Crippen LogP contribution < -0.4 is 5.32 Å². The Morgan fingerprint density at radius 1 is 1.41 bits per heavy atom. The van der Waals surface area contributed by atoms with Gasteiger partial charge in [0.05, 0.1) is 5.75 Å². The zero-order valence-corrected chi connectivity index (χ0v) is 13.9. The molecule has 0 spiro atoms. The molecule has 0 aliphatic carbocycles. The normalized spacial score (nSPS) is 10.9. The van der Waals surface area contributed by atoms with Crippen molar-refractivity contribution in [1.82, 2.24) is 20.2 Å². The fraction of sp³-hybridized carbons (Fsp3) is 0.467. The number of nitrogens with one attached hydrogen (secondary N) is 1. The summed E-state index contributed by atoms with van der Waals surface area (Å²) in [7, 11) is 0. The standard InChI is InChI=1S/C15H21N5OS/c1-4-12-6-5-7-13(8-12)16-14(21)10-22-15-17-18-19-20(15)9-11(2)3/h5-8,11H,4,9-10H2,1-3H3,(H,16,21). The number of benzene rings is 1. The summed E-state index contributed by atoms with van der Waals surface area (Å²) in [6.45, 7) is 7.04. The second-order valence-corrected chi connectivity index (χ2v) is 6.37. The molecule has 0 atom stereocenters. The number of hydrogen-bond donors (Lipinski definition) is 1. The summed E-state index contributed by atoms with van der Waals surface area (Å²) < 4.78 is 1.74. The Kier molecular flexibility index (Phi) is 5.94. The number of hydrogen-bond acceptors (Lipinski definition) is 5. The van der Waals surface area contributed by atoms with E-state index in [2.05, 4.69) is 41.6 Å². The molecule has 0 aliphatic rings. The van der Waals surface area contributed by atoms with E-state index in [0.29, 0.717) is 11.1 Å². The van der Waals surface area contributed by atoms with Crippen LogP contribution in [0.4, 0.5) is 5.69 Å². The van der Waals surface area contributed by atoms with Gasteiger partial charge in [0.2, 0.25) is 11.1 Å². The molecular weight excluding hydrogens is 298 g/mol. The van der Waals surface area contributed by atoms with E-state index in [1.807, 2.05) is 24.3 Å². The van der Waals surface area contributed by atoms with Crippen LogP contribution in [-0.2, 0) is 17.8 Å². The third-order valence-electron chi connectivity index (χ3n) is 2.99. The number of carbonyl (C=O) groups is 1. The molecule has 7 heteroatoms. The second-order valence-electron chi connectivity index (χ2n) is 5.43. The van der Waals surface area contributed by atoms with E-state index in [0.717, 1.165) is 18.7 Å². The molecule has 118 valence electrons. The Labute approximate surface area is 134 Å². The topological polar surface area (TPSA) is 72.7 Å². The van der Waals surface area contributed by atoms with E-state index >= 15 is 0 Å². The monoisotopic (exact) mass is 319 g/mol. The molecule has 0 unspecified atom stereocenters. The predicted molar refractivity (Wildman–Crippen MR) is 87.8 cm³/mol. The smallest absolute Gasteiger partial charge is 0.234 e. The van der Waals surface area contributed by atoms with Crippen LogP contribution in [0.2, 0.25) is 0 Å². The molecule has 6 nitrogen and oxygen atoms in total. The SMILES string of the molecule is CCc1cccc(NC(=O)CSc2nnnn2CC(C)C)c1. The molecule has 0 radical (unpaired) electrons. The maximum atomic E-state index is 12.0. The van der Waals surface area contributed by atoms with Crippen molar-refractivity contribution in [2.45, 2.75) is 38.9 Å². The van der Waals surface area contributed by atoms with Crippen molar-refractivity contribution in [2.24, 2.45) is 5.92 Å². The summed E-state index contributed by atoms with van der Waals surface area (Å²) >= 11 is 1.35. The van der Waals surface area contributed by atoms with Crippen molar-refractivity contribution in [3.63, 3.8) is 0 Å². The first-order valence-electron chi connectivity index (χ1n) is 7.36. The Balaban J connectivity index is 1.89. The van der Waals surface area contributed by atoms with Crippen LogP contribution in [0.3, 0.4) is 0 Å². The summed E-state index contributed by atoms with van der Waals surface area (Å²) in [5.74, 6) is 0.681. The van der Waals surface area contributed by atoms with Gasteiger partial charge in [-0.15, -0.1) is 5.10 Å². The van der Waals surface area contributed by atoms with Crippen LogP contribution >= 0.6 is 11.8 Å². The molecule has 1 aromatic carbocycles. The molecule has 0 saturated carbocycles. The zero-order valence-electron chi connectivity index (χ0n) is 13.1. The van der Waals surface area contributed by atoms with E-state index in [9.17, 15) is 4.79 Å². The average molecular weight is 319 g/mol. The van der Waals surface area contributed by atoms with Crippen LogP contribution in [0.1, 0.15) is 26.3 Å². The molecule has 0 bridgehead atoms. The van der Waals surface area contributed by atoms with Crippen molar-refractivity contribution in [1.29, 1.82) is 0 Å². The van der Waals surface area contributed by atoms with Crippen LogP contribution in [0.25, 0.3) is 0 Å². The molecule has 2 rings (SSSR count). The molecular formula is C15H21N5OS. The lowest BCUT2D eigenvalue weighted by Crippen LogP contribution is -2.15. The van der Waals surface area contributed by atoms with Gasteiger partial charge < -0.3 is 5.32 Å². The van der Waals surface area contributed by atoms with Gasteiger partial charge in [-0.2, -0.15) is 0 Å². The van der Waals surface area contributed by atoms with Crippen molar-refractivity contribution < 1.29 is 4.79 Å². The van der Waals surface area contributed by atoms with Crippen LogP contribution in [0.5, 0.6) is 0 Å². The van der Waals surface area contributed by atoms with Gasteiger partial charge >= 0.3 is 0 Å². The number of tetrazole rings is 1. The molecule has 2 aromatic rings. The molecule has 1 heterocycles. The van der Waals surface area contributed by atoms with Crippen LogP contribution in [0, 0.1) is 5.92 Å². The first kappa shape index (κ1) is 16.5. The highest BCUT2D eigenvalue weighted by Crippen LogP contribution is 2.16. The predicted octanol–water partition coefficient (Wildman–Crippen LogP) is 2.62. The van der Waals surface area contributed by atoms with E-state index in [-0.39, 0.29) is 11.7 Å². The second kappa shape index (κ2) is 7.93. The highest BCUT2D eigenvalue weighted by molar-refractivity contribution is 7.99. The molecule has 0 fully saturated rings. The number of thioether (sulfide) groups is 1. The van der Waals surface area contributed by atoms with Crippen LogP contribution in [-0.4, -0.2) is 31.9 Å². The van der Waals surface area contributed by atoms with Gasteiger partial charge in [0.1, 0.15) is 0 Å². The fourth-order valence-corrected chi connectivity index (χ4v) is 2.64. The van der Waals surface area contributed by atoms with Crippen LogP contribution in [0.15, 0.2) is 29.4 Å². The van der Waals surface area contributed by atoms with Gasteiger partial charge in [-0.3, -0.25) is 4.79 Å². The van der Waals surface area contributed by atoms with E-state index in [1.54, 1.807) is 4.68 Å². The number of carbonyl (C=O) groups excluding carboxylic acids is 1. The van der Waals surface area contributed by atoms with Gasteiger partial charge in [0.25, 0.3) is 0 Å². The van der Waals surface area contributed by atoms with Crippen molar-refractivity contribution in [2.75, 3.05) is 11.1 Å².